The summed E-state index contributed by atoms with van der Waals surface area (Å²) in [5.74, 6) is 0.772. The standard InChI is InChI=1S/C10H10N2O/c1-13-9-4-2-8(3-5-9)10(12)6-7-11/h2-6H,12H2,1H3/b10-6+. The average molecular weight is 174 g/mol. The van der Waals surface area contributed by atoms with Crippen molar-refractivity contribution in [1.82, 2.24) is 0 Å². The minimum atomic E-state index is 0.463. The van der Waals surface area contributed by atoms with Crippen molar-refractivity contribution in [3.05, 3.63) is 35.9 Å². The molecule has 3 nitrogen and oxygen atoms in total. The summed E-state index contributed by atoms with van der Waals surface area (Å²) in [4.78, 5) is 0. The number of methoxy groups -OCH3 is 1. The number of rotatable bonds is 2. The van der Waals surface area contributed by atoms with Gasteiger partial charge in [-0.25, -0.2) is 0 Å². The summed E-state index contributed by atoms with van der Waals surface area (Å²) < 4.78 is 4.98. The van der Waals surface area contributed by atoms with Crippen molar-refractivity contribution >= 4 is 5.70 Å². The molecular formula is C10H10N2O. The van der Waals surface area contributed by atoms with Crippen molar-refractivity contribution < 1.29 is 4.74 Å². The highest BCUT2D eigenvalue weighted by atomic mass is 16.5. The highest BCUT2D eigenvalue weighted by molar-refractivity contribution is 5.65. The molecule has 13 heavy (non-hydrogen) atoms. The van der Waals surface area contributed by atoms with E-state index in [9.17, 15) is 0 Å². The summed E-state index contributed by atoms with van der Waals surface area (Å²) in [6.45, 7) is 0. The van der Waals surface area contributed by atoms with E-state index < -0.39 is 0 Å². The lowest BCUT2D eigenvalue weighted by molar-refractivity contribution is 0.415. The Morgan fingerprint density at radius 1 is 1.46 bits per heavy atom. The van der Waals surface area contributed by atoms with Crippen molar-refractivity contribution in [3.8, 4) is 11.8 Å². The van der Waals surface area contributed by atoms with Crippen LogP contribution in [0.3, 0.4) is 0 Å². The van der Waals surface area contributed by atoms with Crippen LogP contribution in [0.2, 0.25) is 0 Å². The molecule has 0 aromatic heterocycles. The number of hydrogen-bond acceptors (Lipinski definition) is 3. The second-order valence-corrected chi connectivity index (χ2v) is 2.46. The monoisotopic (exact) mass is 174 g/mol. The van der Waals surface area contributed by atoms with Crippen LogP contribution in [0.1, 0.15) is 5.56 Å². The quantitative estimate of drug-likeness (QED) is 0.691. The summed E-state index contributed by atoms with van der Waals surface area (Å²) in [5, 5.41) is 8.37. The summed E-state index contributed by atoms with van der Waals surface area (Å²) in [6.07, 6.45) is 1.31. The Bertz CT molecular complexity index is 346. The first-order chi connectivity index (χ1) is 6.27. The minimum absolute atomic E-state index is 0.463. The zero-order valence-electron chi connectivity index (χ0n) is 7.32. The second-order valence-electron chi connectivity index (χ2n) is 2.46. The first kappa shape index (κ1) is 9.14. The topological polar surface area (TPSA) is 59.0 Å². The molecule has 0 saturated heterocycles. The third kappa shape index (κ3) is 2.24. The van der Waals surface area contributed by atoms with Gasteiger partial charge in [0.1, 0.15) is 5.75 Å². The van der Waals surface area contributed by atoms with Crippen LogP contribution in [0.5, 0.6) is 5.75 Å². The Morgan fingerprint density at radius 3 is 2.54 bits per heavy atom. The van der Waals surface area contributed by atoms with E-state index in [1.54, 1.807) is 19.2 Å². The summed E-state index contributed by atoms with van der Waals surface area (Å²) in [6, 6.07) is 9.09. The van der Waals surface area contributed by atoms with Gasteiger partial charge in [0.25, 0.3) is 0 Å². The maximum atomic E-state index is 8.37. The predicted molar refractivity (Wildman–Crippen MR) is 50.8 cm³/mol. The van der Waals surface area contributed by atoms with Crippen molar-refractivity contribution in [2.75, 3.05) is 7.11 Å². The number of nitriles is 1. The van der Waals surface area contributed by atoms with Gasteiger partial charge in [-0.15, -0.1) is 0 Å². The molecular weight excluding hydrogens is 164 g/mol. The molecule has 0 heterocycles. The molecule has 1 aromatic rings. The Balaban J connectivity index is 2.94. The van der Waals surface area contributed by atoms with E-state index in [4.69, 9.17) is 15.7 Å². The van der Waals surface area contributed by atoms with Gasteiger partial charge in [-0.2, -0.15) is 5.26 Å². The molecule has 1 aromatic carbocycles. The van der Waals surface area contributed by atoms with Crippen LogP contribution in [0, 0.1) is 11.3 Å². The van der Waals surface area contributed by atoms with Gasteiger partial charge in [0.2, 0.25) is 0 Å². The maximum absolute atomic E-state index is 8.37. The SMILES string of the molecule is COc1ccc(/C(N)=C\C#N)cc1. The van der Waals surface area contributed by atoms with E-state index in [1.807, 2.05) is 18.2 Å². The van der Waals surface area contributed by atoms with Crippen LogP contribution in [-0.2, 0) is 0 Å². The third-order valence-electron chi connectivity index (χ3n) is 1.64. The maximum Gasteiger partial charge on any atom is 0.118 e. The smallest absolute Gasteiger partial charge is 0.118 e. The molecule has 0 unspecified atom stereocenters. The molecule has 0 spiro atoms. The Labute approximate surface area is 77.0 Å². The van der Waals surface area contributed by atoms with E-state index in [-0.39, 0.29) is 0 Å². The first-order valence-corrected chi connectivity index (χ1v) is 3.77. The minimum Gasteiger partial charge on any atom is -0.497 e. The van der Waals surface area contributed by atoms with Gasteiger partial charge >= 0.3 is 0 Å². The average Bonchev–Trinajstić information content (AvgIpc) is 2.18. The molecule has 0 fully saturated rings. The zero-order valence-corrected chi connectivity index (χ0v) is 7.32. The predicted octanol–water partition coefficient (Wildman–Crippen LogP) is 1.52. The lowest BCUT2D eigenvalue weighted by atomic mass is 10.1. The molecule has 0 aliphatic rings. The van der Waals surface area contributed by atoms with E-state index in [2.05, 4.69) is 0 Å². The van der Waals surface area contributed by atoms with Gasteiger partial charge in [0.15, 0.2) is 0 Å². The molecule has 2 N–H and O–H groups in total. The molecule has 0 radical (unpaired) electrons. The fourth-order valence-electron chi connectivity index (χ4n) is 0.936. The molecule has 66 valence electrons. The normalized spacial score (nSPS) is 10.6. The highest BCUT2D eigenvalue weighted by Crippen LogP contribution is 2.14. The van der Waals surface area contributed by atoms with Gasteiger partial charge in [-0.05, 0) is 29.8 Å². The van der Waals surface area contributed by atoms with Gasteiger partial charge in [0, 0.05) is 11.8 Å². The van der Waals surface area contributed by atoms with Crippen molar-refractivity contribution in [3.63, 3.8) is 0 Å². The zero-order chi connectivity index (χ0) is 9.68. The molecule has 0 saturated carbocycles. The van der Waals surface area contributed by atoms with Crippen LogP contribution in [0.15, 0.2) is 30.3 Å². The summed E-state index contributed by atoms with van der Waals surface area (Å²) >= 11 is 0. The first-order valence-electron chi connectivity index (χ1n) is 3.77. The summed E-state index contributed by atoms with van der Waals surface area (Å²) in [7, 11) is 1.60. The molecule has 0 amide bonds. The van der Waals surface area contributed by atoms with Crippen LogP contribution >= 0.6 is 0 Å². The van der Waals surface area contributed by atoms with Crippen LogP contribution in [-0.4, -0.2) is 7.11 Å². The van der Waals surface area contributed by atoms with Gasteiger partial charge in [-0.3, -0.25) is 0 Å². The number of hydrogen-bond donors (Lipinski definition) is 1. The number of nitrogens with zero attached hydrogens (tertiary/aromatic N) is 1. The van der Waals surface area contributed by atoms with Crippen molar-refractivity contribution in [2.45, 2.75) is 0 Å². The summed E-state index contributed by atoms with van der Waals surface area (Å²) in [5.41, 5.74) is 6.88. The van der Waals surface area contributed by atoms with Crippen LogP contribution in [0.25, 0.3) is 5.70 Å². The van der Waals surface area contributed by atoms with E-state index in [0.29, 0.717) is 5.70 Å². The van der Waals surface area contributed by atoms with Crippen molar-refractivity contribution in [2.24, 2.45) is 5.73 Å². The molecule has 0 aliphatic carbocycles. The van der Waals surface area contributed by atoms with Gasteiger partial charge in [-0.1, -0.05) is 0 Å². The van der Waals surface area contributed by atoms with E-state index in [0.717, 1.165) is 11.3 Å². The molecule has 3 heteroatoms. The van der Waals surface area contributed by atoms with E-state index in [1.165, 1.54) is 6.08 Å². The Kier molecular flexibility index (Phi) is 2.93. The van der Waals surface area contributed by atoms with E-state index >= 15 is 0 Å². The number of nitrogens with two attached hydrogens (primary N) is 1. The number of ether oxygens (including phenoxy) is 1. The fourth-order valence-corrected chi connectivity index (χ4v) is 0.936. The molecule has 1 rings (SSSR count). The lowest BCUT2D eigenvalue weighted by Crippen LogP contribution is -1.95. The van der Waals surface area contributed by atoms with Crippen LogP contribution in [0.4, 0.5) is 0 Å². The molecule has 0 bridgehead atoms. The third-order valence-corrected chi connectivity index (χ3v) is 1.64. The van der Waals surface area contributed by atoms with Gasteiger partial charge in [0.05, 0.1) is 13.2 Å². The van der Waals surface area contributed by atoms with Gasteiger partial charge < -0.3 is 10.5 Å². The number of allylic oxidation sites excluding steroid dienone is 1. The van der Waals surface area contributed by atoms with Crippen LogP contribution < -0.4 is 10.5 Å². The Hall–Kier alpha value is -1.95. The fraction of sp³-hybridized carbons (Fsp3) is 0.100. The largest absolute Gasteiger partial charge is 0.497 e. The molecule has 0 atom stereocenters. The number of benzene rings is 1. The molecule has 0 aliphatic heterocycles. The van der Waals surface area contributed by atoms with Crippen molar-refractivity contribution in [1.29, 1.82) is 5.26 Å². The highest BCUT2D eigenvalue weighted by Gasteiger charge is 1.95. The second kappa shape index (κ2) is 4.17. The lowest BCUT2D eigenvalue weighted by Gasteiger charge is -2.01. The Morgan fingerprint density at radius 2 is 2.08 bits per heavy atom.